The van der Waals surface area contributed by atoms with E-state index in [1.165, 1.54) is 11.8 Å². The van der Waals surface area contributed by atoms with Gasteiger partial charge in [0.05, 0.1) is 0 Å². The molecule has 0 radical (unpaired) electrons. The third kappa shape index (κ3) is 4.57. The van der Waals surface area contributed by atoms with E-state index >= 15 is 0 Å². The molecule has 0 aliphatic carbocycles. The topological polar surface area (TPSA) is 99.6 Å². The first kappa shape index (κ1) is 17.9. The highest BCUT2D eigenvalue weighted by Gasteiger charge is 2.32. The first-order valence-corrected chi connectivity index (χ1v) is 8.80. The molecule has 1 saturated heterocycles. The van der Waals surface area contributed by atoms with E-state index < -0.39 is 5.25 Å². The molecule has 1 aliphatic rings. The highest BCUT2D eigenvalue weighted by Crippen LogP contribution is 2.24. The Hall–Kier alpha value is -2.94. The molecule has 2 amide bonds. The Morgan fingerprint density at radius 3 is 2.62 bits per heavy atom. The smallest absolute Gasteiger partial charge is 0.251 e. The SMILES string of the molecule is CN(C)c1ccc(NC(=O)CC2S/C(=N\c3ncccn3)NC2=O)cc1. The van der Waals surface area contributed by atoms with Gasteiger partial charge in [0, 0.05) is 44.3 Å². The molecule has 0 bridgehead atoms. The number of benzene rings is 1. The van der Waals surface area contributed by atoms with Gasteiger partial charge < -0.3 is 15.5 Å². The summed E-state index contributed by atoms with van der Waals surface area (Å²) in [6.45, 7) is 0. The third-order valence-electron chi connectivity index (χ3n) is 3.57. The summed E-state index contributed by atoms with van der Waals surface area (Å²) in [5.74, 6) is -0.211. The molecule has 8 nitrogen and oxygen atoms in total. The molecule has 3 rings (SSSR count). The van der Waals surface area contributed by atoms with Gasteiger partial charge in [0.15, 0.2) is 5.17 Å². The molecule has 1 fully saturated rings. The number of carbonyl (C=O) groups excluding carboxylic acids is 2. The molecule has 1 aliphatic heterocycles. The summed E-state index contributed by atoms with van der Waals surface area (Å²) in [6, 6.07) is 9.17. The molecule has 134 valence electrons. The summed E-state index contributed by atoms with van der Waals surface area (Å²) >= 11 is 1.20. The number of amides is 2. The minimum Gasteiger partial charge on any atom is -0.378 e. The van der Waals surface area contributed by atoms with Crippen molar-refractivity contribution >= 4 is 46.1 Å². The molecular weight excluding hydrogens is 352 g/mol. The summed E-state index contributed by atoms with van der Waals surface area (Å²) in [6.07, 6.45) is 3.20. The van der Waals surface area contributed by atoms with Crippen LogP contribution in [0, 0.1) is 0 Å². The van der Waals surface area contributed by atoms with Crippen LogP contribution in [0.25, 0.3) is 0 Å². The number of nitrogens with one attached hydrogen (secondary N) is 2. The average Bonchev–Trinajstić information content (AvgIpc) is 2.95. The van der Waals surface area contributed by atoms with Crippen molar-refractivity contribution in [1.82, 2.24) is 15.3 Å². The predicted octanol–water partition coefficient (Wildman–Crippen LogP) is 1.79. The second-order valence-electron chi connectivity index (χ2n) is 5.76. The maximum absolute atomic E-state index is 12.2. The summed E-state index contributed by atoms with van der Waals surface area (Å²) in [5.41, 5.74) is 1.73. The molecule has 2 aromatic rings. The van der Waals surface area contributed by atoms with Crippen molar-refractivity contribution in [2.75, 3.05) is 24.3 Å². The molecule has 2 heterocycles. The van der Waals surface area contributed by atoms with Gasteiger partial charge in [0.2, 0.25) is 11.8 Å². The monoisotopic (exact) mass is 370 g/mol. The van der Waals surface area contributed by atoms with Crippen molar-refractivity contribution in [3.05, 3.63) is 42.7 Å². The molecule has 1 unspecified atom stereocenters. The van der Waals surface area contributed by atoms with Crippen LogP contribution < -0.4 is 15.5 Å². The molecule has 1 aromatic heterocycles. The van der Waals surface area contributed by atoms with Gasteiger partial charge in [-0.05, 0) is 30.3 Å². The van der Waals surface area contributed by atoms with Gasteiger partial charge in [-0.15, -0.1) is 0 Å². The Morgan fingerprint density at radius 2 is 1.96 bits per heavy atom. The standard InChI is InChI=1S/C17H18N6O2S/c1-23(2)12-6-4-11(5-7-12)20-14(24)10-13-15(25)21-17(26-13)22-16-18-8-3-9-19-16/h3-9,13H,10H2,1-2H3,(H,20,24)(H,18,19,21,22,25). The lowest BCUT2D eigenvalue weighted by Crippen LogP contribution is -2.28. The van der Waals surface area contributed by atoms with Gasteiger partial charge in [-0.1, -0.05) is 11.8 Å². The maximum Gasteiger partial charge on any atom is 0.251 e. The first-order valence-electron chi connectivity index (χ1n) is 7.92. The molecule has 0 saturated carbocycles. The van der Waals surface area contributed by atoms with E-state index in [4.69, 9.17) is 0 Å². The van der Waals surface area contributed by atoms with E-state index in [-0.39, 0.29) is 24.2 Å². The minimum absolute atomic E-state index is 0.0561. The molecule has 26 heavy (non-hydrogen) atoms. The van der Waals surface area contributed by atoms with Crippen molar-refractivity contribution in [1.29, 1.82) is 0 Å². The van der Waals surface area contributed by atoms with E-state index in [1.807, 2.05) is 43.3 Å². The maximum atomic E-state index is 12.2. The fourth-order valence-corrected chi connectivity index (χ4v) is 3.22. The molecule has 0 spiro atoms. The average molecular weight is 370 g/mol. The second kappa shape index (κ2) is 7.96. The van der Waals surface area contributed by atoms with Gasteiger partial charge in [-0.2, -0.15) is 4.99 Å². The van der Waals surface area contributed by atoms with Crippen molar-refractivity contribution in [2.24, 2.45) is 4.99 Å². The van der Waals surface area contributed by atoms with E-state index in [0.29, 0.717) is 10.9 Å². The Kier molecular flexibility index (Phi) is 5.47. The Labute approximate surface area is 155 Å². The lowest BCUT2D eigenvalue weighted by molar-refractivity contribution is -0.122. The van der Waals surface area contributed by atoms with Gasteiger partial charge >= 0.3 is 0 Å². The number of thioether (sulfide) groups is 1. The van der Waals surface area contributed by atoms with Crippen molar-refractivity contribution in [2.45, 2.75) is 11.7 Å². The van der Waals surface area contributed by atoms with Gasteiger partial charge in [-0.25, -0.2) is 9.97 Å². The minimum atomic E-state index is -0.529. The van der Waals surface area contributed by atoms with E-state index in [1.54, 1.807) is 18.5 Å². The van der Waals surface area contributed by atoms with Crippen LogP contribution in [-0.2, 0) is 9.59 Å². The summed E-state index contributed by atoms with van der Waals surface area (Å²) in [5, 5.41) is 5.32. The van der Waals surface area contributed by atoms with Crippen LogP contribution in [0.5, 0.6) is 0 Å². The van der Waals surface area contributed by atoms with Crippen molar-refractivity contribution in [3.63, 3.8) is 0 Å². The van der Waals surface area contributed by atoms with E-state index in [9.17, 15) is 9.59 Å². The van der Waals surface area contributed by atoms with E-state index in [2.05, 4.69) is 25.6 Å². The highest BCUT2D eigenvalue weighted by molar-refractivity contribution is 8.15. The van der Waals surface area contributed by atoms with Crippen LogP contribution >= 0.6 is 11.8 Å². The van der Waals surface area contributed by atoms with Crippen LogP contribution in [0.15, 0.2) is 47.7 Å². The van der Waals surface area contributed by atoms with Gasteiger partial charge in [-0.3, -0.25) is 9.59 Å². The number of anilines is 2. The first-order chi connectivity index (χ1) is 12.5. The summed E-state index contributed by atoms with van der Waals surface area (Å²) < 4.78 is 0. The number of carbonyl (C=O) groups is 2. The predicted molar refractivity (Wildman–Crippen MR) is 103 cm³/mol. The van der Waals surface area contributed by atoms with Gasteiger partial charge in [0.25, 0.3) is 5.95 Å². The number of hydrogen-bond acceptors (Lipinski definition) is 7. The molecule has 9 heteroatoms. The quantitative estimate of drug-likeness (QED) is 0.832. The van der Waals surface area contributed by atoms with Crippen LogP contribution in [0.3, 0.4) is 0 Å². The van der Waals surface area contributed by atoms with Crippen LogP contribution in [0.4, 0.5) is 17.3 Å². The number of nitrogens with zero attached hydrogens (tertiary/aromatic N) is 4. The van der Waals surface area contributed by atoms with Crippen molar-refractivity contribution in [3.8, 4) is 0 Å². The zero-order valence-corrected chi connectivity index (χ0v) is 15.2. The second-order valence-corrected chi connectivity index (χ2v) is 6.95. The Balaban J connectivity index is 1.57. The molecule has 2 N–H and O–H groups in total. The lowest BCUT2D eigenvalue weighted by atomic mass is 10.2. The fourth-order valence-electron chi connectivity index (χ4n) is 2.26. The summed E-state index contributed by atoms with van der Waals surface area (Å²) in [4.78, 5) is 38.4. The van der Waals surface area contributed by atoms with Crippen LogP contribution in [-0.4, -0.2) is 46.3 Å². The zero-order chi connectivity index (χ0) is 18.5. The van der Waals surface area contributed by atoms with Gasteiger partial charge in [0.1, 0.15) is 5.25 Å². The van der Waals surface area contributed by atoms with Crippen LogP contribution in [0.2, 0.25) is 0 Å². The lowest BCUT2D eigenvalue weighted by Gasteiger charge is -2.13. The fraction of sp³-hybridized carbons (Fsp3) is 0.235. The Morgan fingerprint density at radius 1 is 1.27 bits per heavy atom. The number of hydrogen-bond donors (Lipinski definition) is 2. The summed E-state index contributed by atoms with van der Waals surface area (Å²) in [7, 11) is 3.90. The van der Waals surface area contributed by atoms with Crippen LogP contribution in [0.1, 0.15) is 6.42 Å². The highest BCUT2D eigenvalue weighted by atomic mass is 32.2. The third-order valence-corrected chi connectivity index (χ3v) is 4.65. The molecule has 1 aromatic carbocycles. The number of rotatable bonds is 5. The number of aromatic nitrogens is 2. The molecule has 1 atom stereocenters. The zero-order valence-electron chi connectivity index (χ0n) is 14.3. The van der Waals surface area contributed by atoms with Crippen molar-refractivity contribution < 1.29 is 9.59 Å². The molecular formula is C17H18N6O2S. The number of aliphatic imine (C=N–C) groups is 1. The van der Waals surface area contributed by atoms with E-state index in [0.717, 1.165) is 5.69 Å². The largest absolute Gasteiger partial charge is 0.378 e. The Bertz CT molecular complexity index is 823. The number of amidine groups is 1. The normalized spacial score (nSPS) is 17.8.